The number of hydrogen-bond donors (Lipinski definition) is 0. The van der Waals surface area contributed by atoms with Gasteiger partial charge in [-0.05, 0) is 57.1 Å². The Balaban J connectivity index is 1.72. The molecule has 2 saturated heterocycles. The molecule has 0 radical (unpaired) electrons. The van der Waals surface area contributed by atoms with Crippen molar-refractivity contribution in [2.75, 3.05) is 33.3 Å². The predicted molar refractivity (Wildman–Crippen MR) is 82.5 cm³/mol. The van der Waals surface area contributed by atoms with Gasteiger partial charge in [-0.15, -0.1) is 0 Å². The highest BCUT2D eigenvalue weighted by Crippen LogP contribution is 2.26. The number of hydrogen-bond acceptors (Lipinski definition) is 3. The minimum absolute atomic E-state index is 0.752. The summed E-state index contributed by atoms with van der Waals surface area (Å²) in [6.07, 6.45) is 3.97. The van der Waals surface area contributed by atoms with E-state index in [0.717, 1.165) is 23.4 Å². The third-order valence-electron chi connectivity index (χ3n) is 4.52. The third kappa shape index (κ3) is 3.11. The van der Waals surface area contributed by atoms with Crippen LogP contribution in [-0.2, 0) is 6.54 Å². The molecule has 3 nitrogen and oxygen atoms in total. The van der Waals surface area contributed by atoms with Crippen molar-refractivity contribution in [3.05, 3.63) is 28.8 Å². The van der Waals surface area contributed by atoms with Crippen molar-refractivity contribution >= 4 is 11.6 Å². The highest BCUT2D eigenvalue weighted by molar-refractivity contribution is 6.30. The van der Waals surface area contributed by atoms with Crippen LogP contribution < -0.4 is 4.74 Å². The smallest absolute Gasteiger partial charge is 0.123 e. The van der Waals surface area contributed by atoms with Crippen molar-refractivity contribution in [1.82, 2.24) is 9.80 Å². The number of fused-ring (bicyclic) bond motifs is 1. The average molecular weight is 295 g/mol. The summed E-state index contributed by atoms with van der Waals surface area (Å²) < 4.78 is 5.46. The second-order valence-electron chi connectivity index (χ2n) is 5.88. The van der Waals surface area contributed by atoms with E-state index >= 15 is 0 Å². The fourth-order valence-electron chi connectivity index (χ4n) is 3.54. The summed E-state index contributed by atoms with van der Waals surface area (Å²) in [4.78, 5) is 5.22. The molecule has 0 aromatic heterocycles. The number of rotatable bonds is 3. The molecule has 2 heterocycles. The highest BCUT2D eigenvalue weighted by atomic mass is 35.5. The number of ether oxygens (including phenoxy) is 1. The quantitative estimate of drug-likeness (QED) is 0.852. The van der Waals surface area contributed by atoms with Gasteiger partial charge in [-0.1, -0.05) is 11.6 Å². The monoisotopic (exact) mass is 294 g/mol. The summed E-state index contributed by atoms with van der Waals surface area (Å²) in [6.45, 7) is 5.83. The molecule has 20 heavy (non-hydrogen) atoms. The van der Waals surface area contributed by atoms with Crippen molar-refractivity contribution < 1.29 is 4.74 Å². The average Bonchev–Trinajstić information content (AvgIpc) is 2.78. The lowest BCUT2D eigenvalue weighted by Gasteiger charge is -2.26. The van der Waals surface area contributed by atoms with Crippen LogP contribution >= 0.6 is 11.6 Å². The molecule has 3 rings (SSSR count). The van der Waals surface area contributed by atoms with E-state index in [1.807, 2.05) is 18.2 Å². The predicted octanol–water partition coefficient (Wildman–Crippen LogP) is 3.02. The summed E-state index contributed by atoms with van der Waals surface area (Å²) in [7, 11) is 1.73. The van der Waals surface area contributed by atoms with E-state index in [2.05, 4.69) is 9.80 Å². The van der Waals surface area contributed by atoms with Crippen LogP contribution in [0, 0.1) is 0 Å². The molecular weight excluding hydrogens is 272 g/mol. The van der Waals surface area contributed by atoms with Crippen LogP contribution in [0.4, 0.5) is 0 Å². The molecule has 1 aromatic rings. The number of halogens is 1. The number of nitrogens with zero attached hydrogens (tertiary/aromatic N) is 2. The van der Waals surface area contributed by atoms with E-state index in [0.29, 0.717) is 0 Å². The van der Waals surface area contributed by atoms with E-state index in [-0.39, 0.29) is 0 Å². The molecular formula is C16H23ClN2O. The fraction of sp³-hybridized carbons (Fsp3) is 0.625. The van der Waals surface area contributed by atoms with Crippen LogP contribution in [0.5, 0.6) is 5.75 Å². The van der Waals surface area contributed by atoms with Crippen LogP contribution in [-0.4, -0.2) is 49.1 Å². The SMILES string of the molecule is COc1ccc(Cl)cc1CN1CCCN2CCC[C@@H]2C1. The second kappa shape index (κ2) is 6.33. The van der Waals surface area contributed by atoms with E-state index < -0.39 is 0 Å². The van der Waals surface area contributed by atoms with Gasteiger partial charge in [0.1, 0.15) is 5.75 Å². The summed E-state index contributed by atoms with van der Waals surface area (Å²) in [5.74, 6) is 0.946. The molecule has 2 fully saturated rings. The standard InChI is InChI=1S/C16H23ClN2O/c1-20-16-6-5-14(17)10-13(16)11-18-7-3-9-19-8-2-4-15(19)12-18/h5-6,10,15H,2-4,7-9,11-12H2,1H3/t15-/m1/s1. The van der Waals surface area contributed by atoms with E-state index in [1.165, 1.54) is 51.0 Å². The minimum Gasteiger partial charge on any atom is -0.496 e. The largest absolute Gasteiger partial charge is 0.496 e. The van der Waals surface area contributed by atoms with Gasteiger partial charge < -0.3 is 4.74 Å². The molecule has 0 N–H and O–H groups in total. The van der Waals surface area contributed by atoms with Gasteiger partial charge in [-0.2, -0.15) is 0 Å². The zero-order valence-electron chi connectivity index (χ0n) is 12.1. The summed E-state index contributed by atoms with van der Waals surface area (Å²) in [5, 5.41) is 0.790. The highest BCUT2D eigenvalue weighted by Gasteiger charge is 2.28. The maximum atomic E-state index is 6.13. The van der Waals surface area contributed by atoms with Gasteiger partial charge in [0, 0.05) is 29.7 Å². The molecule has 0 spiro atoms. The Hall–Kier alpha value is -0.770. The Kier molecular flexibility index (Phi) is 4.49. The van der Waals surface area contributed by atoms with Crippen LogP contribution in [0.15, 0.2) is 18.2 Å². The zero-order chi connectivity index (χ0) is 13.9. The van der Waals surface area contributed by atoms with E-state index in [9.17, 15) is 0 Å². The molecule has 1 aromatic carbocycles. The van der Waals surface area contributed by atoms with E-state index in [1.54, 1.807) is 7.11 Å². The molecule has 1 atom stereocenters. The molecule has 2 aliphatic rings. The lowest BCUT2D eigenvalue weighted by molar-refractivity contribution is 0.214. The number of benzene rings is 1. The van der Waals surface area contributed by atoms with Gasteiger partial charge >= 0.3 is 0 Å². The fourth-order valence-corrected chi connectivity index (χ4v) is 3.73. The first-order valence-electron chi connectivity index (χ1n) is 7.55. The Bertz CT molecular complexity index is 466. The van der Waals surface area contributed by atoms with Gasteiger partial charge in [-0.25, -0.2) is 0 Å². The molecule has 2 aliphatic heterocycles. The zero-order valence-corrected chi connectivity index (χ0v) is 12.9. The molecule has 110 valence electrons. The van der Waals surface area contributed by atoms with Gasteiger partial charge in [0.25, 0.3) is 0 Å². The van der Waals surface area contributed by atoms with Crippen molar-refractivity contribution in [3.63, 3.8) is 0 Å². The first-order valence-corrected chi connectivity index (χ1v) is 7.93. The van der Waals surface area contributed by atoms with Crippen LogP contribution in [0.3, 0.4) is 0 Å². The topological polar surface area (TPSA) is 15.7 Å². The van der Waals surface area contributed by atoms with Gasteiger partial charge in [0.2, 0.25) is 0 Å². The molecule has 0 aliphatic carbocycles. The molecule has 0 saturated carbocycles. The minimum atomic E-state index is 0.752. The lowest BCUT2D eigenvalue weighted by atomic mass is 10.1. The van der Waals surface area contributed by atoms with Crippen LogP contribution in [0.25, 0.3) is 0 Å². The molecule has 4 heteroatoms. The van der Waals surface area contributed by atoms with Crippen molar-refractivity contribution in [1.29, 1.82) is 0 Å². The summed E-state index contributed by atoms with van der Waals surface area (Å²) in [6, 6.07) is 6.66. The van der Waals surface area contributed by atoms with Gasteiger partial charge in [0.15, 0.2) is 0 Å². The Morgan fingerprint density at radius 1 is 1.25 bits per heavy atom. The second-order valence-corrected chi connectivity index (χ2v) is 6.31. The van der Waals surface area contributed by atoms with E-state index in [4.69, 9.17) is 16.3 Å². The first kappa shape index (κ1) is 14.2. The first-order chi connectivity index (χ1) is 9.76. The third-order valence-corrected chi connectivity index (χ3v) is 4.76. The van der Waals surface area contributed by atoms with Crippen molar-refractivity contribution in [2.45, 2.75) is 31.8 Å². The molecule has 0 bridgehead atoms. The van der Waals surface area contributed by atoms with Crippen LogP contribution in [0.1, 0.15) is 24.8 Å². The van der Waals surface area contributed by atoms with Crippen molar-refractivity contribution in [2.24, 2.45) is 0 Å². The summed E-state index contributed by atoms with van der Waals surface area (Å²) in [5.41, 5.74) is 1.20. The Morgan fingerprint density at radius 3 is 2.95 bits per heavy atom. The maximum Gasteiger partial charge on any atom is 0.123 e. The van der Waals surface area contributed by atoms with Crippen molar-refractivity contribution in [3.8, 4) is 5.75 Å². The van der Waals surface area contributed by atoms with Crippen LogP contribution in [0.2, 0.25) is 5.02 Å². The molecule has 0 unspecified atom stereocenters. The Labute approximate surface area is 126 Å². The maximum absolute atomic E-state index is 6.13. The van der Waals surface area contributed by atoms with Gasteiger partial charge in [0.05, 0.1) is 7.11 Å². The normalized spacial score (nSPS) is 24.4. The van der Waals surface area contributed by atoms with Gasteiger partial charge in [-0.3, -0.25) is 9.80 Å². The molecule has 0 amide bonds. The summed E-state index contributed by atoms with van der Waals surface area (Å²) >= 11 is 6.13. The lowest BCUT2D eigenvalue weighted by Crippen LogP contribution is -2.36. The Morgan fingerprint density at radius 2 is 2.10 bits per heavy atom. The number of methoxy groups -OCH3 is 1.